The number of carbonyl (C=O) groups excluding carboxylic acids is 1. The van der Waals surface area contributed by atoms with Crippen molar-refractivity contribution in [1.82, 2.24) is 19.9 Å². The largest absolute Gasteiger partial charge is 0.380 e. The van der Waals surface area contributed by atoms with Crippen molar-refractivity contribution in [3.05, 3.63) is 17.0 Å². The van der Waals surface area contributed by atoms with Gasteiger partial charge in [0.25, 0.3) is 0 Å². The highest BCUT2D eigenvalue weighted by atomic mass is 35.5. The number of nitrogens with one attached hydrogen (secondary N) is 2. The number of hydrogen-bond donors (Lipinski definition) is 2. The fraction of sp³-hybridized carbons (Fsp3) is 0.588. The second-order valence-corrected chi connectivity index (χ2v) is 7.72. The van der Waals surface area contributed by atoms with Crippen molar-refractivity contribution in [2.24, 2.45) is 5.41 Å². The number of fused-ring (bicyclic) bond motifs is 3. The number of halogens is 1. The molecular weight excluding hydrogens is 326 g/mol. The van der Waals surface area contributed by atoms with E-state index >= 15 is 0 Å². The number of hydrogen-bond acceptors (Lipinski definition) is 4. The number of rotatable bonds is 2. The number of anilines is 1. The van der Waals surface area contributed by atoms with Crippen LogP contribution in [0.15, 0.2) is 6.33 Å². The summed E-state index contributed by atoms with van der Waals surface area (Å²) in [5.41, 5.74) is 3.44. The van der Waals surface area contributed by atoms with E-state index < -0.39 is 0 Å². The molecule has 3 atom stereocenters. The second kappa shape index (κ2) is 5.34. The maximum atomic E-state index is 12.2. The molecule has 0 spiro atoms. The Bertz CT molecular complexity index is 832. The Balaban J connectivity index is 1.74. The third kappa shape index (κ3) is 2.19. The Morgan fingerprint density at radius 1 is 1.54 bits per heavy atom. The third-order valence-corrected chi connectivity index (χ3v) is 5.86. The zero-order valence-corrected chi connectivity index (χ0v) is 14.9. The molecule has 3 heterocycles. The minimum atomic E-state index is -0.330. The molecule has 2 aliphatic rings. The highest BCUT2D eigenvalue weighted by molar-refractivity contribution is 6.31. The number of nitrogens with zero attached hydrogens (tertiary/aromatic N) is 3. The van der Waals surface area contributed by atoms with Gasteiger partial charge in [0.2, 0.25) is 5.91 Å². The maximum Gasteiger partial charge on any atom is 0.225 e. The molecule has 24 heavy (non-hydrogen) atoms. The average molecular weight is 348 g/mol. The molecule has 1 fully saturated rings. The van der Waals surface area contributed by atoms with Gasteiger partial charge in [0, 0.05) is 30.1 Å². The van der Waals surface area contributed by atoms with Crippen LogP contribution in [-0.2, 0) is 11.2 Å². The van der Waals surface area contributed by atoms with Crippen molar-refractivity contribution in [1.29, 1.82) is 0 Å². The highest BCUT2D eigenvalue weighted by Gasteiger charge is 2.42. The van der Waals surface area contributed by atoms with Gasteiger partial charge in [-0.05, 0) is 32.6 Å². The Kier molecular flexibility index (Phi) is 3.49. The minimum Gasteiger partial charge on any atom is -0.380 e. The van der Waals surface area contributed by atoms with E-state index in [0.717, 1.165) is 48.1 Å². The predicted molar refractivity (Wildman–Crippen MR) is 94.4 cm³/mol. The van der Waals surface area contributed by atoms with Crippen LogP contribution in [0.5, 0.6) is 0 Å². The smallest absolute Gasteiger partial charge is 0.225 e. The van der Waals surface area contributed by atoms with Crippen molar-refractivity contribution in [2.75, 3.05) is 12.4 Å². The Morgan fingerprint density at radius 3 is 3.08 bits per heavy atom. The molecule has 7 heteroatoms. The molecule has 4 rings (SSSR count). The quantitative estimate of drug-likeness (QED) is 0.819. The van der Waals surface area contributed by atoms with Gasteiger partial charge in [-0.15, -0.1) is 0 Å². The first kappa shape index (κ1) is 15.7. The average Bonchev–Trinajstić information content (AvgIpc) is 3.23. The molecule has 2 aromatic rings. The molecule has 0 saturated heterocycles. The van der Waals surface area contributed by atoms with Crippen LogP contribution in [0.2, 0.25) is 5.15 Å². The van der Waals surface area contributed by atoms with Gasteiger partial charge in [-0.2, -0.15) is 0 Å². The first-order valence-corrected chi connectivity index (χ1v) is 8.84. The zero-order valence-electron chi connectivity index (χ0n) is 14.2. The van der Waals surface area contributed by atoms with Gasteiger partial charge in [-0.1, -0.05) is 18.5 Å². The summed E-state index contributed by atoms with van der Waals surface area (Å²) in [6, 6.07) is 0.566. The van der Waals surface area contributed by atoms with E-state index in [4.69, 9.17) is 11.6 Å². The standard InChI is InChI=1S/C17H22ClN5O/c1-9-6-11-12(21-9)13-15(22-14(11)18)23(8-20-13)10-4-5-17(2,7-10)16(24)19-3/h8-10,21H,4-7H2,1-3H3,(H,19,24). The van der Waals surface area contributed by atoms with Crippen LogP contribution in [0.25, 0.3) is 11.2 Å². The lowest BCUT2D eigenvalue weighted by Gasteiger charge is -2.22. The summed E-state index contributed by atoms with van der Waals surface area (Å²) in [7, 11) is 1.70. The summed E-state index contributed by atoms with van der Waals surface area (Å²) in [5, 5.41) is 6.81. The Hall–Kier alpha value is -1.82. The number of amides is 1. The fourth-order valence-electron chi connectivity index (χ4n) is 4.22. The highest BCUT2D eigenvalue weighted by Crippen LogP contribution is 2.46. The van der Waals surface area contributed by atoms with E-state index in [1.807, 2.05) is 13.3 Å². The van der Waals surface area contributed by atoms with E-state index in [-0.39, 0.29) is 17.4 Å². The predicted octanol–water partition coefficient (Wildman–Crippen LogP) is 2.92. The lowest BCUT2D eigenvalue weighted by Crippen LogP contribution is -2.35. The van der Waals surface area contributed by atoms with Crippen molar-refractivity contribution in [3.8, 4) is 0 Å². The number of aromatic nitrogens is 3. The summed E-state index contributed by atoms with van der Waals surface area (Å²) in [5.74, 6) is 0.108. The zero-order chi connectivity index (χ0) is 17.1. The van der Waals surface area contributed by atoms with E-state index in [1.165, 1.54) is 0 Å². The molecule has 1 aliphatic heterocycles. The molecule has 0 radical (unpaired) electrons. The summed E-state index contributed by atoms with van der Waals surface area (Å²) in [4.78, 5) is 21.4. The van der Waals surface area contributed by atoms with Crippen LogP contribution in [0.1, 0.15) is 44.7 Å². The first-order chi connectivity index (χ1) is 11.4. The molecule has 3 unspecified atom stereocenters. The lowest BCUT2D eigenvalue weighted by atomic mass is 9.87. The summed E-state index contributed by atoms with van der Waals surface area (Å²) < 4.78 is 2.10. The molecule has 1 aliphatic carbocycles. The van der Waals surface area contributed by atoms with Crippen LogP contribution < -0.4 is 10.6 Å². The van der Waals surface area contributed by atoms with Crippen molar-refractivity contribution >= 4 is 34.4 Å². The van der Waals surface area contributed by atoms with E-state index in [9.17, 15) is 4.79 Å². The summed E-state index contributed by atoms with van der Waals surface area (Å²) >= 11 is 6.42. The Labute approximate surface area is 146 Å². The van der Waals surface area contributed by atoms with E-state index in [1.54, 1.807) is 7.05 Å². The molecule has 2 N–H and O–H groups in total. The second-order valence-electron chi connectivity index (χ2n) is 7.37. The number of pyridine rings is 1. The van der Waals surface area contributed by atoms with Crippen LogP contribution in [0, 0.1) is 5.41 Å². The SMILES string of the molecule is CNC(=O)C1(C)CCC(n2cnc3c4c(c(Cl)nc32)CC(C)N4)C1. The molecule has 0 aromatic carbocycles. The van der Waals surface area contributed by atoms with Crippen molar-refractivity contribution < 1.29 is 4.79 Å². The van der Waals surface area contributed by atoms with Crippen LogP contribution in [0.4, 0.5) is 5.69 Å². The summed E-state index contributed by atoms with van der Waals surface area (Å²) in [6.07, 6.45) is 5.32. The first-order valence-electron chi connectivity index (χ1n) is 8.46. The van der Waals surface area contributed by atoms with Crippen molar-refractivity contribution in [2.45, 2.75) is 51.6 Å². The van der Waals surface area contributed by atoms with Crippen LogP contribution in [0.3, 0.4) is 0 Å². The summed E-state index contributed by atoms with van der Waals surface area (Å²) in [6.45, 7) is 4.16. The van der Waals surface area contributed by atoms with Gasteiger partial charge in [-0.25, -0.2) is 9.97 Å². The molecule has 0 bridgehead atoms. The van der Waals surface area contributed by atoms with Gasteiger partial charge >= 0.3 is 0 Å². The van der Waals surface area contributed by atoms with Gasteiger partial charge in [-0.3, -0.25) is 4.79 Å². The maximum absolute atomic E-state index is 12.2. The molecule has 1 saturated carbocycles. The topological polar surface area (TPSA) is 71.8 Å². The molecule has 128 valence electrons. The molecule has 2 aromatic heterocycles. The van der Waals surface area contributed by atoms with Gasteiger partial charge < -0.3 is 15.2 Å². The Morgan fingerprint density at radius 2 is 2.33 bits per heavy atom. The van der Waals surface area contributed by atoms with Crippen LogP contribution >= 0.6 is 11.6 Å². The number of imidazole rings is 1. The third-order valence-electron chi connectivity index (χ3n) is 5.54. The molecule has 6 nitrogen and oxygen atoms in total. The van der Waals surface area contributed by atoms with Gasteiger partial charge in [0.15, 0.2) is 5.65 Å². The van der Waals surface area contributed by atoms with E-state index in [2.05, 4.69) is 32.1 Å². The fourth-order valence-corrected chi connectivity index (χ4v) is 4.47. The van der Waals surface area contributed by atoms with Gasteiger partial charge in [0.1, 0.15) is 10.7 Å². The monoisotopic (exact) mass is 347 g/mol. The molecular formula is C17H22ClN5O. The lowest BCUT2D eigenvalue weighted by molar-refractivity contribution is -0.129. The van der Waals surface area contributed by atoms with Gasteiger partial charge in [0.05, 0.1) is 12.0 Å². The normalized spacial score (nSPS) is 28.8. The van der Waals surface area contributed by atoms with Crippen molar-refractivity contribution in [3.63, 3.8) is 0 Å². The molecule has 1 amide bonds. The van der Waals surface area contributed by atoms with Crippen LogP contribution in [-0.4, -0.2) is 33.5 Å². The minimum absolute atomic E-state index is 0.108. The van der Waals surface area contributed by atoms with E-state index in [0.29, 0.717) is 11.2 Å². The number of carbonyl (C=O) groups is 1.